The van der Waals surface area contributed by atoms with Crippen LogP contribution >= 0.6 is 0 Å². The molecule has 0 bridgehead atoms. The van der Waals surface area contributed by atoms with Crippen LogP contribution in [0.4, 0.5) is 19.0 Å². The van der Waals surface area contributed by atoms with Crippen molar-refractivity contribution in [1.82, 2.24) is 15.1 Å². The molecular formula is C22H23F3N4O5. The van der Waals surface area contributed by atoms with Crippen LogP contribution in [0.15, 0.2) is 24.3 Å². The molecule has 34 heavy (non-hydrogen) atoms. The molecule has 2 amide bonds. The van der Waals surface area contributed by atoms with Crippen molar-refractivity contribution < 1.29 is 37.4 Å². The molecule has 12 heteroatoms. The largest absolute Gasteiger partial charge is 0.476 e. The van der Waals surface area contributed by atoms with Gasteiger partial charge in [0.1, 0.15) is 11.9 Å². The molecule has 2 aliphatic heterocycles. The Labute approximate surface area is 192 Å². The number of benzene rings is 1. The van der Waals surface area contributed by atoms with Crippen molar-refractivity contribution in [2.45, 2.75) is 44.4 Å². The first-order chi connectivity index (χ1) is 16.1. The number of carbonyl (C=O) groups excluding carboxylic acids is 2. The molecule has 2 aliphatic rings. The second kappa shape index (κ2) is 9.09. The van der Waals surface area contributed by atoms with Gasteiger partial charge in [0, 0.05) is 37.3 Å². The van der Waals surface area contributed by atoms with E-state index in [0.29, 0.717) is 43.5 Å². The SMILES string of the molecule is CCN1C(=O)C(NC(=O)c2cccc(C(F)(F)F)c2)Cc2c(C(=O)O)nn(C3CCOCC3)c21. The van der Waals surface area contributed by atoms with E-state index in [1.807, 2.05) is 0 Å². The number of halogens is 3. The summed E-state index contributed by atoms with van der Waals surface area (Å²) in [6.45, 7) is 2.87. The van der Waals surface area contributed by atoms with Gasteiger partial charge >= 0.3 is 12.1 Å². The van der Waals surface area contributed by atoms with Gasteiger partial charge in [0.25, 0.3) is 11.8 Å². The van der Waals surface area contributed by atoms with Gasteiger partial charge in [-0.15, -0.1) is 0 Å². The molecule has 1 aromatic carbocycles. The molecule has 1 unspecified atom stereocenters. The number of hydrogen-bond donors (Lipinski definition) is 2. The van der Waals surface area contributed by atoms with E-state index in [0.717, 1.165) is 12.1 Å². The predicted molar refractivity (Wildman–Crippen MR) is 113 cm³/mol. The molecule has 182 valence electrons. The van der Waals surface area contributed by atoms with Crippen molar-refractivity contribution in [2.75, 3.05) is 24.7 Å². The smallest absolute Gasteiger partial charge is 0.416 e. The Morgan fingerprint density at radius 2 is 1.97 bits per heavy atom. The quantitative estimate of drug-likeness (QED) is 0.680. The van der Waals surface area contributed by atoms with Gasteiger partial charge in [-0.2, -0.15) is 18.3 Å². The van der Waals surface area contributed by atoms with Crippen LogP contribution in [-0.2, 0) is 22.1 Å². The fourth-order valence-corrected chi connectivity index (χ4v) is 4.37. The number of alkyl halides is 3. The first-order valence-corrected chi connectivity index (χ1v) is 10.8. The topological polar surface area (TPSA) is 114 Å². The Hall–Kier alpha value is -3.41. The summed E-state index contributed by atoms with van der Waals surface area (Å²) >= 11 is 0. The van der Waals surface area contributed by atoms with Gasteiger partial charge in [0.15, 0.2) is 5.69 Å². The average Bonchev–Trinajstić information content (AvgIpc) is 3.19. The fraction of sp³-hybridized carbons (Fsp3) is 0.455. The Morgan fingerprint density at radius 1 is 1.26 bits per heavy atom. The van der Waals surface area contributed by atoms with Crippen LogP contribution in [0.5, 0.6) is 0 Å². The van der Waals surface area contributed by atoms with E-state index in [-0.39, 0.29) is 30.3 Å². The maximum Gasteiger partial charge on any atom is 0.416 e. The number of nitrogens with zero attached hydrogens (tertiary/aromatic N) is 3. The van der Waals surface area contributed by atoms with Crippen molar-refractivity contribution in [3.8, 4) is 0 Å². The van der Waals surface area contributed by atoms with Crippen molar-refractivity contribution in [3.63, 3.8) is 0 Å². The number of carboxylic acid groups (broad SMARTS) is 1. The Kier molecular flexibility index (Phi) is 6.34. The molecule has 1 atom stereocenters. The van der Waals surface area contributed by atoms with E-state index in [2.05, 4.69) is 10.4 Å². The highest BCUT2D eigenvalue weighted by Gasteiger charge is 2.41. The third-order valence-corrected chi connectivity index (χ3v) is 6.02. The van der Waals surface area contributed by atoms with Gasteiger partial charge in [-0.1, -0.05) is 6.07 Å². The molecule has 4 rings (SSSR count). The number of amides is 2. The third-order valence-electron chi connectivity index (χ3n) is 6.02. The van der Waals surface area contributed by atoms with Crippen molar-refractivity contribution >= 4 is 23.6 Å². The molecule has 2 N–H and O–H groups in total. The molecule has 1 fully saturated rings. The van der Waals surface area contributed by atoms with Gasteiger partial charge in [0.2, 0.25) is 0 Å². The summed E-state index contributed by atoms with van der Waals surface area (Å²) in [5.74, 6) is -2.24. The summed E-state index contributed by atoms with van der Waals surface area (Å²) in [6, 6.07) is 2.58. The van der Waals surface area contributed by atoms with Gasteiger partial charge in [-0.3, -0.25) is 14.5 Å². The second-order valence-corrected chi connectivity index (χ2v) is 8.14. The number of carbonyl (C=O) groups is 3. The van der Waals surface area contributed by atoms with E-state index < -0.39 is 35.6 Å². The zero-order chi connectivity index (χ0) is 24.6. The van der Waals surface area contributed by atoms with Crippen LogP contribution < -0.4 is 10.2 Å². The molecule has 1 saturated heterocycles. The number of carboxylic acids is 1. The Bertz CT molecular complexity index is 1120. The first-order valence-electron chi connectivity index (χ1n) is 10.8. The van der Waals surface area contributed by atoms with Crippen molar-refractivity contribution in [1.29, 1.82) is 0 Å². The van der Waals surface area contributed by atoms with Crippen molar-refractivity contribution in [2.24, 2.45) is 0 Å². The number of aromatic nitrogens is 2. The van der Waals surface area contributed by atoms with Gasteiger partial charge in [-0.05, 0) is 38.0 Å². The van der Waals surface area contributed by atoms with Crippen LogP contribution in [0.1, 0.15) is 57.8 Å². The first kappa shape index (κ1) is 23.7. The zero-order valence-electron chi connectivity index (χ0n) is 18.3. The molecule has 0 radical (unpaired) electrons. The lowest BCUT2D eigenvalue weighted by atomic mass is 9.98. The number of rotatable bonds is 5. The predicted octanol–water partition coefficient (Wildman–Crippen LogP) is 2.66. The Balaban J connectivity index is 1.66. The molecule has 2 aromatic rings. The summed E-state index contributed by atoms with van der Waals surface area (Å²) in [5, 5.41) is 16.5. The maximum absolute atomic E-state index is 13.2. The molecule has 0 spiro atoms. The highest BCUT2D eigenvalue weighted by Crippen LogP contribution is 2.36. The molecule has 3 heterocycles. The number of anilines is 1. The maximum atomic E-state index is 13.2. The van der Waals surface area contributed by atoms with Crippen LogP contribution in [0.25, 0.3) is 0 Å². The molecule has 1 aromatic heterocycles. The lowest BCUT2D eigenvalue weighted by Gasteiger charge is -2.34. The van der Waals surface area contributed by atoms with Gasteiger partial charge < -0.3 is 15.2 Å². The van der Waals surface area contributed by atoms with Crippen molar-refractivity contribution in [3.05, 3.63) is 46.6 Å². The molecular weight excluding hydrogens is 457 g/mol. The van der Waals surface area contributed by atoms with Crippen LogP contribution in [0.2, 0.25) is 0 Å². The van der Waals surface area contributed by atoms with Gasteiger partial charge in [0.05, 0.1) is 11.6 Å². The zero-order valence-corrected chi connectivity index (χ0v) is 18.3. The summed E-state index contributed by atoms with van der Waals surface area (Å²) in [6.07, 6.45) is -3.55. The summed E-state index contributed by atoms with van der Waals surface area (Å²) in [4.78, 5) is 39.3. The number of nitrogens with one attached hydrogen (secondary N) is 1. The number of ether oxygens (including phenoxy) is 1. The Morgan fingerprint density at radius 3 is 2.59 bits per heavy atom. The average molecular weight is 480 g/mol. The van der Waals surface area contributed by atoms with E-state index >= 15 is 0 Å². The van der Waals surface area contributed by atoms with E-state index in [1.54, 1.807) is 11.6 Å². The minimum absolute atomic E-state index is 0.139. The number of hydrogen-bond acceptors (Lipinski definition) is 5. The molecule has 9 nitrogen and oxygen atoms in total. The lowest BCUT2D eigenvalue weighted by molar-refractivity contribution is -0.137. The number of aromatic carboxylic acids is 1. The standard InChI is InChI=1S/C22H23F3N4O5/c1-2-28-19-15(17(21(32)33)27-29(19)14-6-8-34-9-7-14)11-16(20(28)31)26-18(30)12-4-3-5-13(10-12)22(23,24)25/h3-5,10,14,16H,2,6-9,11H2,1H3,(H,26,30)(H,32,33). The van der Waals surface area contributed by atoms with E-state index in [4.69, 9.17) is 4.74 Å². The second-order valence-electron chi connectivity index (χ2n) is 8.14. The fourth-order valence-electron chi connectivity index (χ4n) is 4.37. The minimum atomic E-state index is -4.63. The highest BCUT2D eigenvalue weighted by atomic mass is 19.4. The van der Waals surface area contributed by atoms with Crippen LogP contribution in [0.3, 0.4) is 0 Å². The normalized spacial score (nSPS) is 19.1. The van der Waals surface area contributed by atoms with E-state index in [1.165, 1.54) is 11.0 Å². The summed E-state index contributed by atoms with van der Waals surface area (Å²) < 4.78 is 46.0. The number of likely N-dealkylation sites (N-methyl/N-ethyl adjacent to an activating group) is 1. The number of fused-ring (bicyclic) bond motifs is 1. The van der Waals surface area contributed by atoms with E-state index in [9.17, 15) is 32.7 Å². The summed E-state index contributed by atoms with van der Waals surface area (Å²) in [7, 11) is 0. The molecule has 0 aliphatic carbocycles. The minimum Gasteiger partial charge on any atom is -0.476 e. The van der Waals surface area contributed by atoms with Gasteiger partial charge in [-0.25, -0.2) is 9.48 Å². The summed E-state index contributed by atoms with van der Waals surface area (Å²) in [5.41, 5.74) is -1.16. The highest BCUT2D eigenvalue weighted by molar-refractivity contribution is 6.05. The lowest BCUT2D eigenvalue weighted by Crippen LogP contribution is -2.53. The van der Waals surface area contributed by atoms with Crippen LogP contribution in [0, 0.1) is 0 Å². The third kappa shape index (κ3) is 4.37. The molecule has 0 saturated carbocycles. The van der Waals surface area contributed by atoms with Crippen LogP contribution in [-0.4, -0.2) is 58.5 Å². The monoisotopic (exact) mass is 480 g/mol.